The van der Waals surface area contributed by atoms with E-state index in [0.717, 1.165) is 60.8 Å². The van der Waals surface area contributed by atoms with Gasteiger partial charge in [0, 0.05) is 39.9 Å². The second kappa shape index (κ2) is 13.8. The van der Waals surface area contributed by atoms with Crippen LogP contribution >= 0.6 is 0 Å². The zero-order chi connectivity index (χ0) is 41.5. The highest BCUT2D eigenvalue weighted by Crippen LogP contribution is 2.64. The van der Waals surface area contributed by atoms with Crippen LogP contribution in [0.1, 0.15) is 22.3 Å². The van der Waals surface area contributed by atoms with E-state index < -0.39 is 5.41 Å². The highest BCUT2D eigenvalue weighted by molar-refractivity contribution is 6.11. The second-order valence-corrected chi connectivity index (χ2v) is 16.4. The summed E-state index contributed by atoms with van der Waals surface area (Å²) in [4.78, 5) is 25.2. The predicted octanol–water partition coefficient (Wildman–Crippen LogP) is 13.6. The number of nitrogens with zero attached hydrogens (tertiary/aromatic N) is 5. The van der Waals surface area contributed by atoms with Crippen molar-refractivity contribution < 1.29 is 0 Å². The van der Waals surface area contributed by atoms with Gasteiger partial charge in [-0.25, -0.2) is 15.0 Å². The fraction of sp³-hybridized carbons (Fsp3) is 0.0172. The summed E-state index contributed by atoms with van der Waals surface area (Å²) in [6, 6.07) is 71.5. The van der Waals surface area contributed by atoms with E-state index in [0.29, 0.717) is 17.5 Å². The van der Waals surface area contributed by atoms with Crippen LogP contribution in [0.15, 0.2) is 213 Å². The van der Waals surface area contributed by atoms with Gasteiger partial charge in [0.25, 0.3) is 0 Å². The summed E-state index contributed by atoms with van der Waals surface area (Å²) < 4.78 is 0. The van der Waals surface area contributed by atoms with Crippen molar-refractivity contribution in [2.45, 2.75) is 5.41 Å². The van der Waals surface area contributed by atoms with Crippen molar-refractivity contribution >= 4 is 21.8 Å². The van der Waals surface area contributed by atoms with Crippen LogP contribution in [-0.2, 0) is 5.41 Å². The Labute approximate surface area is 364 Å². The Bertz CT molecular complexity index is 3530. The molecule has 0 N–H and O–H groups in total. The van der Waals surface area contributed by atoms with E-state index in [9.17, 15) is 0 Å². The lowest BCUT2D eigenvalue weighted by Gasteiger charge is -2.30. The Morgan fingerprint density at radius 2 is 0.778 bits per heavy atom. The molecule has 2 aliphatic carbocycles. The van der Waals surface area contributed by atoms with Crippen LogP contribution in [0.4, 0.5) is 0 Å². The van der Waals surface area contributed by atoms with Crippen LogP contribution < -0.4 is 0 Å². The van der Waals surface area contributed by atoms with Gasteiger partial charge in [-0.1, -0.05) is 164 Å². The van der Waals surface area contributed by atoms with Gasteiger partial charge < -0.3 is 0 Å². The van der Waals surface area contributed by atoms with E-state index in [4.69, 9.17) is 24.9 Å². The summed E-state index contributed by atoms with van der Waals surface area (Å²) in [5.74, 6) is 1.83. The van der Waals surface area contributed by atoms with Crippen LogP contribution in [0.3, 0.4) is 0 Å². The van der Waals surface area contributed by atoms with Crippen molar-refractivity contribution in [1.29, 1.82) is 0 Å². The molecule has 0 saturated heterocycles. The minimum atomic E-state index is -0.466. The molecule has 3 heterocycles. The van der Waals surface area contributed by atoms with Gasteiger partial charge in [-0.3, -0.25) is 9.97 Å². The molecule has 0 bridgehead atoms. The molecule has 11 aromatic rings. The summed E-state index contributed by atoms with van der Waals surface area (Å²) in [7, 11) is 0. The lowest BCUT2D eigenvalue weighted by Crippen LogP contribution is -2.25. The quantitative estimate of drug-likeness (QED) is 0.162. The summed E-state index contributed by atoms with van der Waals surface area (Å²) in [6.45, 7) is 0. The first-order chi connectivity index (χ1) is 31.2. The Hall–Kier alpha value is -8.41. The molecule has 5 nitrogen and oxygen atoms in total. The summed E-state index contributed by atoms with van der Waals surface area (Å²) >= 11 is 0. The lowest BCUT2D eigenvalue weighted by atomic mass is 9.70. The van der Waals surface area contributed by atoms with Gasteiger partial charge in [0.2, 0.25) is 0 Å². The molecule has 0 unspecified atom stereocenters. The Morgan fingerprint density at radius 3 is 1.43 bits per heavy atom. The number of fused-ring (bicyclic) bond motifs is 13. The predicted molar refractivity (Wildman–Crippen MR) is 254 cm³/mol. The monoisotopic (exact) mass is 801 g/mol. The molecular weight excluding hydrogens is 767 g/mol. The summed E-state index contributed by atoms with van der Waals surface area (Å²) in [5.41, 5.74) is 18.6. The van der Waals surface area contributed by atoms with E-state index in [1.54, 1.807) is 0 Å². The molecule has 0 atom stereocenters. The van der Waals surface area contributed by atoms with Crippen molar-refractivity contribution in [2.24, 2.45) is 0 Å². The van der Waals surface area contributed by atoms with E-state index >= 15 is 0 Å². The number of benzene rings is 8. The number of aromatic nitrogens is 5. The highest BCUT2D eigenvalue weighted by atomic mass is 15.0. The molecule has 3 aromatic heterocycles. The van der Waals surface area contributed by atoms with Crippen LogP contribution in [0.2, 0.25) is 0 Å². The summed E-state index contributed by atoms with van der Waals surface area (Å²) in [6.07, 6.45) is 3.69. The van der Waals surface area contributed by atoms with Crippen LogP contribution in [0, 0.1) is 0 Å². The van der Waals surface area contributed by atoms with Gasteiger partial charge >= 0.3 is 0 Å². The van der Waals surface area contributed by atoms with E-state index in [2.05, 4.69) is 152 Å². The molecule has 0 amide bonds. The van der Waals surface area contributed by atoms with E-state index in [1.807, 2.05) is 60.9 Å². The molecule has 0 fully saturated rings. The number of hydrogen-bond donors (Lipinski definition) is 0. The highest BCUT2D eigenvalue weighted by Gasteiger charge is 2.52. The smallest absolute Gasteiger partial charge is 0.164 e. The van der Waals surface area contributed by atoms with E-state index in [1.165, 1.54) is 44.5 Å². The van der Waals surface area contributed by atoms with Gasteiger partial charge in [0.15, 0.2) is 17.5 Å². The third-order valence-corrected chi connectivity index (χ3v) is 13.0. The Morgan fingerprint density at radius 1 is 0.302 bits per heavy atom. The Balaban J connectivity index is 1.12. The lowest BCUT2D eigenvalue weighted by molar-refractivity contribution is 0.794. The van der Waals surface area contributed by atoms with Gasteiger partial charge in [0.05, 0.1) is 16.4 Å². The average molecular weight is 802 g/mol. The second-order valence-electron chi connectivity index (χ2n) is 16.4. The van der Waals surface area contributed by atoms with Crippen molar-refractivity contribution in [3.8, 4) is 78.7 Å². The molecule has 0 saturated carbocycles. The fourth-order valence-electron chi connectivity index (χ4n) is 10.4. The van der Waals surface area contributed by atoms with Gasteiger partial charge in [0.1, 0.15) is 0 Å². The maximum atomic E-state index is 5.25. The van der Waals surface area contributed by atoms with Crippen molar-refractivity contribution in [2.75, 3.05) is 0 Å². The van der Waals surface area contributed by atoms with E-state index in [-0.39, 0.29) is 0 Å². The number of hydrogen-bond acceptors (Lipinski definition) is 5. The number of pyridine rings is 2. The third kappa shape index (κ3) is 5.27. The molecule has 1 spiro atoms. The first kappa shape index (κ1) is 35.4. The maximum absolute atomic E-state index is 5.25. The fourth-order valence-corrected chi connectivity index (χ4v) is 10.4. The minimum Gasteiger partial charge on any atom is -0.254 e. The first-order valence-electron chi connectivity index (χ1n) is 21.3. The van der Waals surface area contributed by atoms with Gasteiger partial charge in [-0.05, 0) is 103 Å². The maximum Gasteiger partial charge on any atom is 0.164 e. The van der Waals surface area contributed by atoms with Crippen molar-refractivity contribution in [3.63, 3.8) is 0 Å². The summed E-state index contributed by atoms with van der Waals surface area (Å²) in [5, 5.41) is 2.05. The zero-order valence-corrected chi connectivity index (χ0v) is 33.9. The Kier molecular flexibility index (Phi) is 7.75. The number of rotatable bonds is 5. The molecule has 0 aliphatic heterocycles. The first-order valence-corrected chi connectivity index (χ1v) is 21.3. The molecule has 8 aromatic carbocycles. The third-order valence-electron chi connectivity index (χ3n) is 13.0. The minimum absolute atomic E-state index is 0.466. The zero-order valence-electron chi connectivity index (χ0n) is 33.9. The molecule has 63 heavy (non-hydrogen) atoms. The molecular formula is C58H35N5. The largest absolute Gasteiger partial charge is 0.254 e. The van der Waals surface area contributed by atoms with Crippen molar-refractivity contribution in [1.82, 2.24) is 24.9 Å². The molecule has 13 rings (SSSR count). The topological polar surface area (TPSA) is 64.5 Å². The van der Waals surface area contributed by atoms with Crippen LogP contribution in [0.5, 0.6) is 0 Å². The molecule has 0 radical (unpaired) electrons. The van der Waals surface area contributed by atoms with Gasteiger partial charge in [-0.15, -0.1) is 0 Å². The SMILES string of the molecule is c1ccc(-c2nc(-c3ccccc3)nc(-c3cc(-c4cccc5c4-c4ccccc4C54c5ccccc5-c5ccccc54)cc(-c4cc5cccnc5c5ncccc45)c3)n2)cc1. The molecule has 292 valence electrons. The molecule has 5 heteroatoms. The van der Waals surface area contributed by atoms with Crippen LogP contribution in [-0.4, -0.2) is 24.9 Å². The van der Waals surface area contributed by atoms with Gasteiger partial charge in [-0.2, -0.15) is 0 Å². The normalized spacial score (nSPS) is 12.9. The van der Waals surface area contributed by atoms with Crippen molar-refractivity contribution in [3.05, 3.63) is 235 Å². The molecule has 2 aliphatic rings. The average Bonchev–Trinajstić information content (AvgIpc) is 3.84. The standard InChI is InChI=1S/C58H35N5/c1-3-16-36(17-4-1)55-61-56(37-18-5-2-6-19-37)63-57(62-55)41-33-39(32-40(34-41)47-35-38-20-14-30-59-53(38)54-45(47)25-15-31-60-54)42-24-13-29-51-52(42)46-23-9-12-28-50(46)58(51)48-26-10-7-21-43(48)44-22-8-11-27-49(44)58/h1-35H. The van der Waals surface area contributed by atoms with Crippen LogP contribution in [0.25, 0.3) is 100 Å².